The van der Waals surface area contributed by atoms with E-state index in [2.05, 4.69) is 62.3 Å². The second-order valence-electron chi connectivity index (χ2n) is 6.85. The van der Waals surface area contributed by atoms with Crippen LogP contribution in [0.3, 0.4) is 0 Å². The molecule has 0 aromatic rings. The van der Waals surface area contributed by atoms with E-state index in [9.17, 15) is 0 Å². The first-order chi connectivity index (χ1) is 5.37. The van der Waals surface area contributed by atoms with E-state index in [0.29, 0.717) is 15.5 Å². The fourth-order valence-corrected chi connectivity index (χ4v) is 9.06. The Morgan fingerprint density at radius 2 is 0.643 bits per heavy atom. The van der Waals surface area contributed by atoms with Gasteiger partial charge in [-0.3, -0.25) is 0 Å². The normalized spacial score (nSPS) is 14.1. The molecule has 0 saturated carbocycles. The number of hydrogen-bond acceptors (Lipinski definition) is 0. The summed E-state index contributed by atoms with van der Waals surface area (Å²) in [6.45, 7) is 21.5. The van der Waals surface area contributed by atoms with Crippen molar-refractivity contribution in [3.63, 3.8) is 0 Å². The Morgan fingerprint density at radius 3 is 0.643 bits per heavy atom. The van der Waals surface area contributed by atoms with E-state index in [-0.39, 0.29) is 25.0 Å². The third-order valence-electron chi connectivity index (χ3n) is 2.01. The Labute approximate surface area is 103 Å². The second-order valence-corrected chi connectivity index (χ2v) is 11.5. The van der Waals surface area contributed by atoms with Gasteiger partial charge in [-0.15, -0.1) is 0 Å². The molecule has 14 heavy (non-hydrogen) atoms. The molecule has 0 spiro atoms. The molecule has 0 saturated heterocycles. The molecule has 0 atom stereocenters. The molecule has 0 aromatic carbocycles. The van der Waals surface area contributed by atoms with E-state index in [0.717, 1.165) is 0 Å². The molecule has 0 nitrogen and oxygen atoms in total. The van der Waals surface area contributed by atoms with E-state index in [1.165, 1.54) is 0 Å². The summed E-state index contributed by atoms with van der Waals surface area (Å²) in [5.41, 5.74) is 0. The fraction of sp³-hybridized carbons (Fsp3) is 1.00. The largest absolute Gasteiger partial charge is 0.0901 e. The van der Waals surface area contributed by atoms with E-state index in [1.807, 2.05) is 0 Å². The molecule has 2 heteroatoms. The van der Waals surface area contributed by atoms with Crippen LogP contribution in [0.4, 0.5) is 0 Å². The van der Waals surface area contributed by atoms with E-state index >= 15 is 0 Å². The third-order valence-corrected chi connectivity index (χ3v) is 6.04. The summed E-state index contributed by atoms with van der Waals surface area (Å²) >= 11 is 0. The Hall–Kier alpha value is 0.949. The summed E-state index contributed by atoms with van der Waals surface area (Å²) < 4.78 is 0. The zero-order valence-corrected chi connectivity index (χ0v) is 13.1. The smallest absolute Gasteiger partial charge is 0 e. The van der Waals surface area contributed by atoms with Gasteiger partial charge in [0.05, 0.1) is 0 Å². The van der Waals surface area contributed by atoms with Gasteiger partial charge in [0.1, 0.15) is 0 Å². The maximum Gasteiger partial charge on any atom is 0 e. The van der Waals surface area contributed by atoms with E-state index < -0.39 is 0 Å². The third kappa shape index (κ3) is 5.15. The Bertz CT molecular complexity index is 133. The summed E-state index contributed by atoms with van der Waals surface area (Å²) in [6.07, 6.45) is 0. The molecular weight excluding hydrogens is 239 g/mol. The minimum Gasteiger partial charge on any atom is -0.0901 e. The van der Waals surface area contributed by atoms with E-state index in [1.54, 1.807) is 0 Å². The van der Waals surface area contributed by atoms with Crippen LogP contribution in [0.2, 0.25) is 0 Å². The van der Waals surface area contributed by atoms with Gasteiger partial charge in [-0.05, 0) is 15.5 Å². The molecule has 0 aliphatic rings. The predicted molar refractivity (Wildman–Crippen MR) is 66.2 cm³/mol. The van der Waals surface area contributed by atoms with Crippen LogP contribution >= 0.6 is 7.92 Å². The van der Waals surface area contributed by atoms with Crippen LogP contribution in [-0.2, 0) is 17.1 Å². The predicted octanol–water partition coefficient (Wildman–Crippen LogP) is 4.86. The maximum atomic E-state index is 2.38. The molecule has 0 heterocycles. The first-order valence-electron chi connectivity index (χ1n) is 5.17. The van der Waals surface area contributed by atoms with Crippen molar-refractivity contribution in [1.82, 2.24) is 0 Å². The first kappa shape index (κ1) is 17.3. The van der Waals surface area contributed by atoms with Gasteiger partial charge < -0.3 is 0 Å². The second kappa shape index (κ2) is 4.86. The van der Waals surface area contributed by atoms with Crippen LogP contribution in [0.15, 0.2) is 0 Å². The molecule has 0 unspecified atom stereocenters. The molecule has 0 aromatic heterocycles. The summed E-state index contributed by atoms with van der Waals surface area (Å²) in [6, 6.07) is 0. The van der Waals surface area contributed by atoms with Crippen LogP contribution < -0.4 is 0 Å². The molecule has 1 radical (unpaired) electrons. The Kier molecular flexibility index (Phi) is 6.02. The van der Waals surface area contributed by atoms with Crippen molar-refractivity contribution in [3.8, 4) is 0 Å². The molecule has 0 amide bonds. The molecule has 0 N–H and O–H groups in total. The quantitative estimate of drug-likeness (QED) is 0.433. The average Bonchev–Trinajstić information content (AvgIpc) is 1.44. The molecule has 0 rings (SSSR count). The Morgan fingerprint density at radius 1 is 0.500 bits per heavy atom. The summed E-state index contributed by atoms with van der Waals surface area (Å²) in [4.78, 5) is 0. The van der Waals surface area contributed by atoms with Gasteiger partial charge in [0, 0.05) is 17.1 Å². The van der Waals surface area contributed by atoms with Crippen LogP contribution in [-0.4, -0.2) is 15.5 Å². The van der Waals surface area contributed by atoms with Gasteiger partial charge in [0.25, 0.3) is 0 Å². The van der Waals surface area contributed by atoms with Crippen molar-refractivity contribution in [2.45, 2.75) is 77.8 Å². The SMILES string of the molecule is CC(C)(C)P(C(C)(C)C)C(C)(C)C.[Cu]. The van der Waals surface area contributed by atoms with Crippen molar-refractivity contribution in [3.05, 3.63) is 0 Å². The van der Waals surface area contributed by atoms with Crippen LogP contribution in [0, 0.1) is 0 Å². The van der Waals surface area contributed by atoms with Crippen molar-refractivity contribution >= 4 is 7.92 Å². The van der Waals surface area contributed by atoms with Gasteiger partial charge >= 0.3 is 0 Å². The zero-order chi connectivity index (χ0) is 11.1. The van der Waals surface area contributed by atoms with Crippen LogP contribution in [0.1, 0.15) is 62.3 Å². The van der Waals surface area contributed by atoms with Gasteiger partial charge in [-0.1, -0.05) is 70.2 Å². The molecule has 0 aliphatic heterocycles. The van der Waals surface area contributed by atoms with Gasteiger partial charge in [-0.25, -0.2) is 0 Å². The summed E-state index contributed by atoms with van der Waals surface area (Å²) in [5.74, 6) is 0. The maximum absolute atomic E-state index is 2.38. The summed E-state index contributed by atoms with van der Waals surface area (Å²) in [7, 11) is 0.0162. The average molecular weight is 266 g/mol. The fourth-order valence-electron chi connectivity index (χ4n) is 3.02. The minimum atomic E-state index is 0. The van der Waals surface area contributed by atoms with Gasteiger partial charge in [-0.2, -0.15) is 0 Å². The monoisotopic (exact) mass is 265 g/mol. The number of rotatable bonds is 0. The van der Waals surface area contributed by atoms with Gasteiger partial charge in [0.2, 0.25) is 0 Å². The first-order valence-corrected chi connectivity index (χ1v) is 6.51. The van der Waals surface area contributed by atoms with Crippen molar-refractivity contribution in [2.75, 3.05) is 0 Å². The minimum absolute atomic E-state index is 0. The van der Waals surface area contributed by atoms with Crippen LogP contribution in [0.25, 0.3) is 0 Å². The molecule has 0 fully saturated rings. The topological polar surface area (TPSA) is 0 Å². The van der Waals surface area contributed by atoms with E-state index in [4.69, 9.17) is 0 Å². The molecule has 0 bridgehead atoms. The van der Waals surface area contributed by atoms with Crippen LogP contribution in [0.5, 0.6) is 0 Å². The van der Waals surface area contributed by atoms with Crippen molar-refractivity contribution < 1.29 is 17.1 Å². The van der Waals surface area contributed by atoms with Gasteiger partial charge in [0.15, 0.2) is 0 Å². The molecule has 91 valence electrons. The van der Waals surface area contributed by atoms with Crippen molar-refractivity contribution in [1.29, 1.82) is 0 Å². The van der Waals surface area contributed by atoms with Crippen molar-refractivity contribution in [2.24, 2.45) is 0 Å². The standard InChI is InChI=1S/C12H27P.Cu/c1-10(2,3)13(11(4,5)6)12(7,8)9;/h1-9H3;. The molecule has 0 aliphatic carbocycles. The Balaban J connectivity index is 0. The summed E-state index contributed by atoms with van der Waals surface area (Å²) in [5, 5.41) is 1.35. The number of hydrogen-bond donors (Lipinski definition) is 0. The molecular formula is C12H27CuP. The zero-order valence-electron chi connectivity index (χ0n) is 11.2.